The fourth-order valence-corrected chi connectivity index (χ4v) is 2.32. The Morgan fingerprint density at radius 3 is 2.64 bits per heavy atom. The molecule has 3 aromatic rings. The van der Waals surface area contributed by atoms with Gasteiger partial charge in [-0.3, -0.25) is 4.79 Å². The molecule has 0 atom stereocenters. The Bertz CT molecular complexity index is 812. The Kier molecular flexibility index (Phi) is 3.78. The molecule has 0 spiro atoms. The van der Waals surface area contributed by atoms with Gasteiger partial charge in [-0.05, 0) is 36.8 Å². The largest absolute Gasteiger partial charge is 0.292 e. The maximum absolute atomic E-state index is 13.2. The lowest BCUT2D eigenvalue weighted by atomic mass is 10.1. The monoisotopic (exact) mass is 295 g/mol. The number of nitrogens with zero attached hydrogens (tertiary/aromatic N) is 3. The highest BCUT2D eigenvalue weighted by Gasteiger charge is 2.17. The summed E-state index contributed by atoms with van der Waals surface area (Å²) >= 11 is 0. The molecule has 0 aliphatic carbocycles. The van der Waals surface area contributed by atoms with E-state index in [1.807, 2.05) is 30.3 Å². The molecule has 2 aromatic carbocycles. The number of halogens is 1. The Morgan fingerprint density at radius 1 is 1.14 bits per heavy atom. The summed E-state index contributed by atoms with van der Waals surface area (Å²) in [5.74, 6) is -0.528. The minimum atomic E-state index is -0.352. The van der Waals surface area contributed by atoms with Crippen molar-refractivity contribution in [3.63, 3.8) is 0 Å². The summed E-state index contributed by atoms with van der Waals surface area (Å²) < 4.78 is 14.8. The summed E-state index contributed by atoms with van der Waals surface area (Å²) in [6, 6.07) is 15.5. The Balaban J connectivity index is 1.87. The number of hydrogen-bond donors (Lipinski definition) is 0. The second-order valence-corrected chi connectivity index (χ2v) is 5.00. The normalized spacial score (nSPS) is 10.6. The molecule has 3 rings (SSSR count). The van der Waals surface area contributed by atoms with E-state index in [0.717, 1.165) is 5.69 Å². The minimum Gasteiger partial charge on any atom is -0.292 e. The average Bonchev–Trinajstić information content (AvgIpc) is 2.90. The number of aromatic nitrogens is 3. The number of hydrogen-bond acceptors (Lipinski definition) is 3. The van der Waals surface area contributed by atoms with Gasteiger partial charge in [0.25, 0.3) is 0 Å². The molecule has 0 aliphatic rings. The molecule has 0 aliphatic heterocycles. The number of carbonyl (C=O) groups is 1. The molecule has 5 heteroatoms. The first-order valence-corrected chi connectivity index (χ1v) is 6.90. The summed E-state index contributed by atoms with van der Waals surface area (Å²) in [6.07, 6.45) is 0.103. The van der Waals surface area contributed by atoms with Gasteiger partial charge in [0.15, 0.2) is 11.5 Å². The number of para-hydroxylation sites is 1. The van der Waals surface area contributed by atoms with Crippen molar-refractivity contribution in [3.8, 4) is 5.69 Å². The number of Topliss-reactive ketones (excluding diaryl/α,β-unsaturated/α-hetero) is 1. The molecule has 1 heterocycles. The van der Waals surface area contributed by atoms with Crippen LogP contribution in [-0.2, 0) is 6.42 Å². The van der Waals surface area contributed by atoms with Gasteiger partial charge in [-0.1, -0.05) is 35.5 Å². The molecule has 0 N–H and O–H groups in total. The molecular weight excluding hydrogens is 281 g/mol. The van der Waals surface area contributed by atoms with E-state index in [1.165, 1.54) is 12.1 Å². The smallest absolute Gasteiger partial charge is 0.189 e. The van der Waals surface area contributed by atoms with Gasteiger partial charge in [0.1, 0.15) is 5.82 Å². The van der Waals surface area contributed by atoms with Crippen LogP contribution in [0.5, 0.6) is 0 Å². The van der Waals surface area contributed by atoms with Crippen molar-refractivity contribution in [2.75, 3.05) is 0 Å². The van der Waals surface area contributed by atoms with Crippen LogP contribution >= 0.6 is 0 Å². The van der Waals surface area contributed by atoms with Gasteiger partial charge in [0.2, 0.25) is 0 Å². The van der Waals surface area contributed by atoms with Crippen LogP contribution in [0.2, 0.25) is 0 Å². The Morgan fingerprint density at radius 2 is 1.91 bits per heavy atom. The molecule has 0 fully saturated rings. The lowest BCUT2D eigenvalue weighted by molar-refractivity contribution is 0.0987. The van der Waals surface area contributed by atoms with Crippen molar-refractivity contribution < 1.29 is 9.18 Å². The maximum Gasteiger partial charge on any atom is 0.189 e. The van der Waals surface area contributed by atoms with Crippen LogP contribution in [0, 0.1) is 12.7 Å². The predicted molar refractivity (Wildman–Crippen MR) is 80.5 cm³/mol. The van der Waals surface area contributed by atoms with Gasteiger partial charge in [-0.25, -0.2) is 9.07 Å². The summed E-state index contributed by atoms with van der Waals surface area (Å²) in [4.78, 5) is 12.4. The molecule has 0 amide bonds. The molecule has 0 saturated heterocycles. The first kappa shape index (κ1) is 14.1. The minimum absolute atomic E-state index is 0.103. The van der Waals surface area contributed by atoms with Crippen LogP contribution in [0.15, 0.2) is 54.6 Å². The molecule has 4 nitrogen and oxygen atoms in total. The van der Waals surface area contributed by atoms with Gasteiger partial charge < -0.3 is 0 Å². The first-order valence-electron chi connectivity index (χ1n) is 6.90. The van der Waals surface area contributed by atoms with E-state index in [0.29, 0.717) is 17.0 Å². The summed E-state index contributed by atoms with van der Waals surface area (Å²) in [7, 11) is 0. The third kappa shape index (κ3) is 2.79. The molecule has 110 valence electrons. The topological polar surface area (TPSA) is 47.8 Å². The van der Waals surface area contributed by atoms with E-state index in [-0.39, 0.29) is 18.0 Å². The quantitative estimate of drug-likeness (QED) is 0.695. The number of rotatable bonds is 4. The summed E-state index contributed by atoms with van der Waals surface area (Å²) in [5.41, 5.74) is 2.46. The second kappa shape index (κ2) is 5.89. The van der Waals surface area contributed by atoms with E-state index in [4.69, 9.17) is 0 Å². The van der Waals surface area contributed by atoms with Gasteiger partial charge in [0.05, 0.1) is 11.4 Å². The maximum atomic E-state index is 13.2. The van der Waals surface area contributed by atoms with Gasteiger partial charge >= 0.3 is 0 Å². The van der Waals surface area contributed by atoms with E-state index >= 15 is 0 Å². The zero-order chi connectivity index (χ0) is 15.5. The zero-order valence-corrected chi connectivity index (χ0v) is 12.0. The molecule has 0 saturated carbocycles. The van der Waals surface area contributed by atoms with Crippen molar-refractivity contribution in [1.82, 2.24) is 15.0 Å². The molecule has 22 heavy (non-hydrogen) atoms. The standard InChI is InChI=1S/C17H14FN3O/c1-12-17(16(22)11-13-6-5-7-14(18)10-13)19-20-21(12)15-8-3-2-4-9-15/h2-10H,11H2,1H3. The van der Waals surface area contributed by atoms with Crippen LogP contribution < -0.4 is 0 Å². The number of carbonyl (C=O) groups excluding carboxylic acids is 1. The highest BCUT2D eigenvalue weighted by atomic mass is 19.1. The predicted octanol–water partition coefficient (Wildman–Crippen LogP) is 3.14. The number of ketones is 1. The number of benzene rings is 2. The van der Waals surface area contributed by atoms with Crippen molar-refractivity contribution >= 4 is 5.78 Å². The lowest BCUT2D eigenvalue weighted by Gasteiger charge is -2.03. The Labute approximate surface area is 127 Å². The SMILES string of the molecule is Cc1c(C(=O)Cc2cccc(F)c2)nnn1-c1ccccc1. The molecule has 0 bridgehead atoms. The third-order valence-corrected chi connectivity index (χ3v) is 3.41. The van der Waals surface area contributed by atoms with E-state index in [1.54, 1.807) is 23.7 Å². The van der Waals surface area contributed by atoms with Crippen LogP contribution in [0.3, 0.4) is 0 Å². The van der Waals surface area contributed by atoms with E-state index < -0.39 is 0 Å². The fraction of sp³-hybridized carbons (Fsp3) is 0.118. The van der Waals surface area contributed by atoms with Crippen LogP contribution in [-0.4, -0.2) is 20.8 Å². The van der Waals surface area contributed by atoms with Crippen molar-refractivity contribution in [2.24, 2.45) is 0 Å². The zero-order valence-electron chi connectivity index (χ0n) is 12.0. The molecular formula is C17H14FN3O. The van der Waals surface area contributed by atoms with Crippen LogP contribution in [0.25, 0.3) is 5.69 Å². The van der Waals surface area contributed by atoms with Gasteiger partial charge in [-0.15, -0.1) is 5.10 Å². The Hall–Kier alpha value is -2.82. The van der Waals surface area contributed by atoms with Crippen LogP contribution in [0.4, 0.5) is 4.39 Å². The highest BCUT2D eigenvalue weighted by Crippen LogP contribution is 2.14. The average molecular weight is 295 g/mol. The highest BCUT2D eigenvalue weighted by molar-refractivity contribution is 5.96. The fourth-order valence-electron chi connectivity index (χ4n) is 2.32. The van der Waals surface area contributed by atoms with Crippen molar-refractivity contribution in [2.45, 2.75) is 13.3 Å². The summed E-state index contributed by atoms with van der Waals surface area (Å²) in [5, 5.41) is 8.02. The van der Waals surface area contributed by atoms with Crippen molar-refractivity contribution in [3.05, 3.63) is 77.4 Å². The van der Waals surface area contributed by atoms with Crippen molar-refractivity contribution in [1.29, 1.82) is 0 Å². The summed E-state index contributed by atoms with van der Waals surface area (Å²) in [6.45, 7) is 1.80. The van der Waals surface area contributed by atoms with Gasteiger partial charge in [-0.2, -0.15) is 0 Å². The van der Waals surface area contributed by atoms with Crippen LogP contribution in [0.1, 0.15) is 21.7 Å². The van der Waals surface area contributed by atoms with E-state index in [2.05, 4.69) is 10.3 Å². The third-order valence-electron chi connectivity index (χ3n) is 3.41. The molecule has 1 aromatic heterocycles. The first-order chi connectivity index (χ1) is 10.6. The van der Waals surface area contributed by atoms with E-state index in [9.17, 15) is 9.18 Å². The lowest BCUT2D eigenvalue weighted by Crippen LogP contribution is -2.07. The van der Waals surface area contributed by atoms with Gasteiger partial charge in [0, 0.05) is 6.42 Å². The molecule has 0 unspecified atom stereocenters. The molecule has 0 radical (unpaired) electrons. The second-order valence-electron chi connectivity index (χ2n) is 5.00.